The van der Waals surface area contributed by atoms with Crippen LogP contribution in [0.3, 0.4) is 0 Å². The van der Waals surface area contributed by atoms with Gasteiger partial charge in [0.15, 0.2) is 5.65 Å². The molecule has 3 aromatic rings. The zero-order valence-electron chi connectivity index (χ0n) is 9.21. The Hall–Kier alpha value is -2.90. The second-order valence-corrected chi connectivity index (χ2v) is 3.09. The summed E-state index contributed by atoms with van der Waals surface area (Å²) < 4.78 is 1.16. The fourth-order valence-electron chi connectivity index (χ4n) is 1.18. The predicted octanol–water partition coefficient (Wildman–Crippen LogP) is 0.230. The highest BCUT2D eigenvalue weighted by Gasteiger charge is 2.06. The number of imidazole rings is 1. The SMILES string of the molecule is NC(=O)n1cnc2cncnc21.c1cncnc1. The molecule has 8 nitrogen and oxygen atoms in total. The van der Waals surface area contributed by atoms with Crippen LogP contribution in [0, 0.1) is 0 Å². The van der Waals surface area contributed by atoms with E-state index >= 15 is 0 Å². The zero-order chi connectivity index (χ0) is 12.8. The summed E-state index contributed by atoms with van der Waals surface area (Å²) >= 11 is 0. The van der Waals surface area contributed by atoms with Gasteiger partial charge in [-0.05, 0) is 6.07 Å². The molecule has 1 amide bonds. The molecule has 0 aliphatic rings. The zero-order valence-corrected chi connectivity index (χ0v) is 9.21. The standard InChI is InChI=1S/C6H5N5O.C4H4N2/c7-6(12)11-3-10-4-1-8-2-9-5(4)11;1-2-5-4-6-3-1/h1-3H,(H2,7,12);1-4H. The summed E-state index contributed by atoms with van der Waals surface area (Å²) in [7, 11) is 0. The second-order valence-electron chi connectivity index (χ2n) is 3.09. The fourth-order valence-corrected chi connectivity index (χ4v) is 1.18. The number of fused-ring (bicyclic) bond motifs is 1. The van der Waals surface area contributed by atoms with Crippen molar-refractivity contribution in [2.24, 2.45) is 5.73 Å². The van der Waals surface area contributed by atoms with E-state index in [0.29, 0.717) is 11.2 Å². The Bertz CT molecular complexity index is 610. The molecule has 0 unspecified atom stereocenters. The first kappa shape index (κ1) is 11.6. The summed E-state index contributed by atoms with van der Waals surface area (Å²) in [5.41, 5.74) is 6.03. The minimum Gasteiger partial charge on any atom is -0.351 e. The Kier molecular flexibility index (Phi) is 3.50. The molecule has 0 aliphatic carbocycles. The van der Waals surface area contributed by atoms with Crippen LogP contribution in [0.15, 0.2) is 43.6 Å². The molecule has 0 atom stereocenters. The molecule has 0 radical (unpaired) electrons. The van der Waals surface area contributed by atoms with Crippen LogP contribution in [0.5, 0.6) is 0 Å². The van der Waals surface area contributed by atoms with E-state index in [4.69, 9.17) is 5.73 Å². The van der Waals surface area contributed by atoms with Crippen LogP contribution in [0.2, 0.25) is 0 Å². The lowest BCUT2D eigenvalue weighted by Gasteiger charge is -1.93. The predicted molar refractivity (Wildman–Crippen MR) is 62.3 cm³/mol. The number of carbonyl (C=O) groups excluding carboxylic acids is 1. The van der Waals surface area contributed by atoms with Crippen LogP contribution < -0.4 is 5.73 Å². The molecule has 3 rings (SSSR count). The van der Waals surface area contributed by atoms with Gasteiger partial charge in [-0.25, -0.2) is 34.3 Å². The number of nitrogens with zero attached hydrogens (tertiary/aromatic N) is 6. The average molecular weight is 243 g/mol. The highest BCUT2D eigenvalue weighted by molar-refractivity contribution is 5.85. The molecule has 18 heavy (non-hydrogen) atoms. The van der Waals surface area contributed by atoms with Gasteiger partial charge in [-0.15, -0.1) is 0 Å². The van der Waals surface area contributed by atoms with E-state index in [9.17, 15) is 4.79 Å². The molecule has 3 aromatic heterocycles. The Labute approximate surface area is 102 Å². The minimum atomic E-state index is -0.601. The third-order valence-corrected chi connectivity index (χ3v) is 1.93. The molecule has 90 valence electrons. The number of amides is 1. The van der Waals surface area contributed by atoms with Crippen LogP contribution in [-0.2, 0) is 0 Å². The van der Waals surface area contributed by atoms with E-state index in [0.717, 1.165) is 4.57 Å². The highest BCUT2D eigenvalue weighted by Crippen LogP contribution is 2.05. The lowest BCUT2D eigenvalue weighted by Crippen LogP contribution is -2.18. The molecule has 3 heterocycles. The van der Waals surface area contributed by atoms with Gasteiger partial charge in [-0.2, -0.15) is 0 Å². The summed E-state index contributed by atoms with van der Waals surface area (Å²) in [4.78, 5) is 29.6. The summed E-state index contributed by atoms with van der Waals surface area (Å²) in [6.45, 7) is 0. The van der Waals surface area contributed by atoms with E-state index < -0.39 is 6.03 Å². The Balaban J connectivity index is 0.000000169. The van der Waals surface area contributed by atoms with Crippen LogP contribution >= 0.6 is 0 Å². The number of rotatable bonds is 0. The van der Waals surface area contributed by atoms with Gasteiger partial charge in [-0.1, -0.05) is 0 Å². The lowest BCUT2D eigenvalue weighted by atomic mass is 10.6. The molecule has 0 aliphatic heterocycles. The van der Waals surface area contributed by atoms with Crippen LogP contribution in [0.4, 0.5) is 4.79 Å². The Morgan fingerprint density at radius 3 is 2.44 bits per heavy atom. The van der Waals surface area contributed by atoms with E-state index in [1.54, 1.807) is 18.5 Å². The number of hydrogen-bond donors (Lipinski definition) is 1. The van der Waals surface area contributed by atoms with Crippen molar-refractivity contribution >= 4 is 17.2 Å². The van der Waals surface area contributed by atoms with E-state index in [-0.39, 0.29) is 0 Å². The third-order valence-electron chi connectivity index (χ3n) is 1.93. The van der Waals surface area contributed by atoms with Crippen LogP contribution in [0.1, 0.15) is 0 Å². The smallest absolute Gasteiger partial charge is 0.325 e. The first-order valence-electron chi connectivity index (χ1n) is 4.92. The largest absolute Gasteiger partial charge is 0.351 e. The van der Waals surface area contributed by atoms with Gasteiger partial charge < -0.3 is 5.73 Å². The van der Waals surface area contributed by atoms with Gasteiger partial charge in [-0.3, -0.25) is 0 Å². The number of primary amides is 1. The van der Waals surface area contributed by atoms with Crippen LogP contribution in [-0.4, -0.2) is 35.5 Å². The number of carbonyl (C=O) groups is 1. The summed E-state index contributed by atoms with van der Waals surface area (Å²) in [6.07, 6.45) is 9.05. The minimum absolute atomic E-state index is 0.428. The summed E-state index contributed by atoms with van der Waals surface area (Å²) in [5, 5.41) is 0. The maximum atomic E-state index is 10.8. The van der Waals surface area contributed by atoms with E-state index in [2.05, 4.69) is 24.9 Å². The molecular weight excluding hydrogens is 234 g/mol. The van der Waals surface area contributed by atoms with Gasteiger partial charge in [0.2, 0.25) is 0 Å². The van der Waals surface area contributed by atoms with E-state index in [1.165, 1.54) is 25.2 Å². The lowest BCUT2D eigenvalue weighted by molar-refractivity contribution is 0.251. The number of aromatic nitrogens is 6. The van der Waals surface area contributed by atoms with Crippen molar-refractivity contribution in [3.8, 4) is 0 Å². The van der Waals surface area contributed by atoms with Crippen molar-refractivity contribution in [3.63, 3.8) is 0 Å². The molecular formula is C10H9N7O. The molecule has 2 N–H and O–H groups in total. The Morgan fingerprint density at radius 1 is 1.11 bits per heavy atom. The molecule has 8 heteroatoms. The van der Waals surface area contributed by atoms with Crippen molar-refractivity contribution in [2.75, 3.05) is 0 Å². The summed E-state index contributed by atoms with van der Waals surface area (Å²) in [6, 6.07) is 1.18. The van der Waals surface area contributed by atoms with Gasteiger partial charge >= 0.3 is 6.03 Å². The Morgan fingerprint density at radius 2 is 1.89 bits per heavy atom. The fraction of sp³-hybridized carbons (Fsp3) is 0. The molecule has 0 saturated carbocycles. The normalized spacial score (nSPS) is 9.56. The van der Waals surface area contributed by atoms with Crippen molar-refractivity contribution in [3.05, 3.63) is 43.6 Å². The van der Waals surface area contributed by atoms with Crippen molar-refractivity contribution < 1.29 is 4.79 Å². The number of hydrogen-bond acceptors (Lipinski definition) is 6. The maximum absolute atomic E-state index is 10.8. The first-order valence-corrected chi connectivity index (χ1v) is 4.92. The number of nitrogens with two attached hydrogens (primary N) is 1. The maximum Gasteiger partial charge on any atom is 0.325 e. The second kappa shape index (κ2) is 5.43. The topological polar surface area (TPSA) is 112 Å². The molecule has 0 saturated heterocycles. The summed E-state index contributed by atoms with van der Waals surface area (Å²) in [5.74, 6) is 0. The third kappa shape index (κ3) is 2.61. The van der Waals surface area contributed by atoms with Crippen molar-refractivity contribution in [2.45, 2.75) is 0 Å². The average Bonchev–Trinajstić information content (AvgIpc) is 2.85. The quantitative estimate of drug-likeness (QED) is 0.604. The van der Waals surface area contributed by atoms with Gasteiger partial charge in [0.25, 0.3) is 0 Å². The molecule has 0 fully saturated rings. The highest BCUT2D eigenvalue weighted by atomic mass is 16.2. The first-order chi connectivity index (χ1) is 8.79. The van der Waals surface area contributed by atoms with Gasteiger partial charge in [0.05, 0.1) is 6.20 Å². The van der Waals surface area contributed by atoms with Crippen LogP contribution in [0.25, 0.3) is 11.2 Å². The van der Waals surface area contributed by atoms with Crippen molar-refractivity contribution in [1.29, 1.82) is 0 Å². The monoisotopic (exact) mass is 243 g/mol. The van der Waals surface area contributed by atoms with E-state index in [1.807, 2.05) is 0 Å². The van der Waals surface area contributed by atoms with Crippen molar-refractivity contribution in [1.82, 2.24) is 29.5 Å². The molecule has 0 spiro atoms. The van der Waals surface area contributed by atoms with Gasteiger partial charge in [0, 0.05) is 12.4 Å². The molecule has 0 aromatic carbocycles. The van der Waals surface area contributed by atoms with Gasteiger partial charge in [0.1, 0.15) is 24.5 Å². The molecule has 0 bridgehead atoms.